The first kappa shape index (κ1) is 26.5. The number of hydrogen-bond donors (Lipinski definition) is 4. The standard InChI is InChI=1S/C27H25BrClN3O5/c1-16(17-5-3-2-4-6-17)24(25(34)30-22-12-9-19(28)15-21(22)29)32-26(35)23(31-27(32)36)18-7-10-20(11-8-18)37-14-13-33/h2-12,15-16,24,33,35H,13-14H2,1H3,(H,30,34)(H,31,36)/t16-,24-/m0/s1. The van der Waals surface area contributed by atoms with Crippen molar-refractivity contribution >= 4 is 39.1 Å². The average Bonchev–Trinajstić information content (AvgIpc) is 3.19. The van der Waals surface area contributed by atoms with E-state index < -0.39 is 23.6 Å². The van der Waals surface area contributed by atoms with E-state index in [1.165, 1.54) is 0 Å². The van der Waals surface area contributed by atoms with Crippen LogP contribution in [0, 0.1) is 0 Å². The van der Waals surface area contributed by atoms with Crippen LogP contribution in [-0.4, -0.2) is 38.9 Å². The number of imidazole rings is 1. The summed E-state index contributed by atoms with van der Waals surface area (Å²) in [5.41, 5.74) is 1.23. The highest BCUT2D eigenvalue weighted by Crippen LogP contribution is 2.36. The predicted molar refractivity (Wildman–Crippen MR) is 146 cm³/mol. The Morgan fingerprint density at radius 2 is 1.84 bits per heavy atom. The van der Waals surface area contributed by atoms with Crippen LogP contribution in [0.4, 0.5) is 5.69 Å². The zero-order valence-electron chi connectivity index (χ0n) is 19.8. The molecule has 10 heteroatoms. The maximum Gasteiger partial charge on any atom is 0.329 e. The molecule has 0 unspecified atom stereocenters. The summed E-state index contributed by atoms with van der Waals surface area (Å²) in [6.07, 6.45) is 0. The number of aliphatic hydroxyl groups is 1. The van der Waals surface area contributed by atoms with Crippen LogP contribution in [0.1, 0.15) is 24.4 Å². The summed E-state index contributed by atoms with van der Waals surface area (Å²) in [5.74, 6) is -0.854. The topological polar surface area (TPSA) is 117 Å². The lowest BCUT2D eigenvalue weighted by Crippen LogP contribution is -2.35. The minimum Gasteiger partial charge on any atom is -0.493 e. The molecule has 1 aromatic heterocycles. The van der Waals surface area contributed by atoms with Crippen LogP contribution < -0.4 is 15.7 Å². The summed E-state index contributed by atoms with van der Waals surface area (Å²) in [4.78, 5) is 29.5. The van der Waals surface area contributed by atoms with Gasteiger partial charge in [0.25, 0.3) is 0 Å². The molecule has 2 atom stereocenters. The third-order valence-electron chi connectivity index (χ3n) is 5.94. The number of nitrogens with one attached hydrogen (secondary N) is 2. The monoisotopic (exact) mass is 585 g/mol. The molecular weight excluding hydrogens is 562 g/mol. The van der Waals surface area contributed by atoms with Crippen molar-refractivity contribution in [1.82, 2.24) is 9.55 Å². The summed E-state index contributed by atoms with van der Waals surface area (Å²) in [6, 6.07) is 19.9. The fourth-order valence-electron chi connectivity index (χ4n) is 4.08. The fourth-order valence-corrected chi connectivity index (χ4v) is 4.81. The molecule has 0 spiro atoms. The van der Waals surface area contributed by atoms with E-state index in [4.69, 9.17) is 21.4 Å². The van der Waals surface area contributed by atoms with E-state index in [0.29, 0.717) is 22.0 Å². The van der Waals surface area contributed by atoms with Gasteiger partial charge in [-0.2, -0.15) is 0 Å². The van der Waals surface area contributed by atoms with Gasteiger partial charge < -0.3 is 25.3 Å². The lowest BCUT2D eigenvalue weighted by atomic mass is 9.92. The summed E-state index contributed by atoms with van der Waals surface area (Å²) in [6.45, 7) is 1.84. The van der Waals surface area contributed by atoms with Crippen LogP contribution in [-0.2, 0) is 4.79 Å². The fraction of sp³-hybridized carbons (Fsp3) is 0.185. The van der Waals surface area contributed by atoms with Crippen molar-refractivity contribution < 1.29 is 19.7 Å². The molecule has 0 saturated carbocycles. The van der Waals surface area contributed by atoms with Gasteiger partial charge in [0.05, 0.1) is 17.3 Å². The Morgan fingerprint density at radius 3 is 2.49 bits per heavy atom. The summed E-state index contributed by atoms with van der Waals surface area (Å²) in [7, 11) is 0. The van der Waals surface area contributed by atoms with Gasteiger partial charge in [-0.3, -0.25) is 4.79 Å². The number of benzene rings is 3. The van der Waals surface area contributed by atoms with Crippen LogP contribution in [0.15, 0.2) is 82.1 Å². The SMILES string of the molecule is C[C@@H](c1ccccc1)[C@@H](C(=O)Nc1ccc(Br)cc1Cl)n1c(O)c(-c2ccc(OCCO)cc2)[nH]c1=O. The molecule has 0 fully saturated rings. The molecule has 1 heterocycles. The third-order valence-corrected chi connectivity index (χ3v) is 6.75. The highest BCUT2D eigenvalue weighted by atomic mass is 79.9. The van der Waals surface area contributed by atoms with Crippen molar-refractivity contribution in [3.05, 3.63) is 98.3 Å². The van der Waals surface area contributed by atoms with Crippen molar-refractivity contribution in [3.8, 4) is 22.9 Å². The Labute approximate surface area is 226 Å². The number of nitrogens with zero attached hydrogens (tertiary/aromatic N) is 1. The van der Waals surface area contributed by atoms with Crippen LogP contribution in [0.2, 0.25) is 5.02 Å². The molecule has 0 saturated heterocycles. The van der Waals surface area contributed by atoms with Crippen molar-refractivity contribution in [1.29, 1.82) is 0 Å². The lowest BCUT2D eigenvalue weighted by Gasteiger charge is -2.25. The van der Waals surface area contributed by atoms with Gasteiger partial charge in [0, 0.05) is 16.0 Å². The van der Waals surface area contributed by atoms with Crippen LogP contribution >= 0.6 is 27.5 Å². The van der Waals surface area contributed by atoms with E-state index in [1.807, 2.05) is 37.3 Å². The number of aliphatic hydroxyl groups excluding tert-OH is 1. The van der Waals surface area contributed by atoms with E-state index in [-0.39, 0.29) is 24.8 Å². The smallest absolute Gasteiger partial charge is 0.329 e. The number of rotatable bonds is 9. The Bertz CT molecular complexity index is 1440. The molecule has 0 radical (unpaired) electrons. The number of carbonyl (C=O) groups excluding carboxylic acids is 1. The first-order chi connectivity index (χ1) is 17.8. The highest BCUT2D eigenvalue weighted by molar-refractivity contribution is 9.10. The van der Waals surface area contributed by atoms with E-state index in [0.717, 1.165) is 14.6 Å². The van der Waals surface area contributed by atoms with Crippen molar-refractivity contribution in [3.63, 3.8) is 0 Å². The first-order valence-corrected chi connectivity index (χ1v) is 12.7. The Kier molecular flexibility index (Phi) is 8.38. The molecule has 0 aliphatic carbocycles. The molecule has 1 amide bonds. The number of amides is 1. The molecule has 4 aromatic rings. The van der Waals surface area contributed by atoms with E-state index >= 15 is 0 Å². The number of aromatic hydroxyl groups is 1. The van der Waals surface area contributed by atoms with Crippen LogP contribution in [0.25, 0.3) is 11.3 Å². The van der Waals surface area contributed by atoms with Gasteiger partial charge >= 0.3 is 5.69 Å². The normalized spacial score (nSPS) is 12.6. The Hall–Kier alpha value is -3.53. The Balaban J connectivity index is 1.75. The van der Waals surface area contributed by atoms with Gasteiger partial charge in [-0.05, 0) is 48.0 Å². The number of halogens is 2. The largest absolute Gasteiger partial charge is 0.493 e. The maximum absolute atomic E-state index is 13.7. The number of ether oxygens (including phenoxy) is 1. The molecule has 37 heavy (non-hydrogen) atoms. The molecule has 4 rings (SSSR count). The van der Waals surface area contributed by atoms with Gasteiger partial charge in [-0.15, -0.1) is 0 Å². The maximum atomic E-state index is 13.7. The second-order valence-electron chi connectivity index (χ2n) is 8.35. The third kappa shape index (κ3) is 5.90. The minimum atomic E-state index is -1.10. The summed E-state index contributed by atoms with van der Waals surface area (Å²) in [5, 5.41) is 23.3. The number of anilines is 1. The number of aromatic amines is 1. The van der Waals surface area contributed by atoms with E-state index in [2.05, 4.69) is 26.2 Å². The molecule has 0 bridgehead atoms. The quantitative estimate of drug-likeness (QED) is 0.212. The zero-order chi connectivity index (χ0) is 26.5. The van der Waals surface area contributed by atoms with Crippen LogP contribution in [0.5, 0.6) is 11.6 Å². The predicted octanol–water partition coefficient (Wildman–Crippen LogP) is 5.32. The lowest BCUT2D eigenvalue weighted by molar-refractivity contribution is -0.120. The number of aromatic nitrogens is 2. The van der Waals surface area contributed by atoms with Gasteiger partial charge in [0.15, 0.2) is 0 Å². The molecular formula is C27H25BrClN3O5. The molecule has 192 valence electrons. The summed E-state index contributed by atoms with van der Waals surface area (Å²) < 4.78 is 7.18. The first-order valence-electron chi connectivity index (χ1n) is 11.5. The minimum absolute atomic E-state index is 0.118. The number of H-pyrrole nitrogens is 1. The van der Waals surface area contributed by atoms with Crippen LogP contribution in [0.3, 0.4) is 0 Å². The summed E-state index contributed by atoms with van der Waals surface area (Å²) >= 11 is 9.66. The van der Waals surface area contributed by atoms with Crippen molar-refractivity contribution in [2.45, 2.75) is 18.9 Å². The van der Waals surface area contributed by atoms with Gasteiger partial charge in [-0.1, -0.05) is 64.8 Å². The zero-order valence-corrected chi connectivity index (χ0v) is 22.2. The molecule has 8 nitrogen and oxygen atoms in total. The highest BCUT2D eigenvalue weighted by Gasteiger charge is 2.33. The van der Waals surface area contributed by atoms with E-state index in [1.54, 1.807) is 42.5 Å². The average molecular weight is 587 g/mol. The van der Waals surface area contributed by atoms with Gasteiger partial charge in [0.1, 0.15) is 24.1 Å². The van der Waals surface area contributed by atoms with Gasteiger partial charge in [0.2, 0.25) is 11.8 Å². The second-order valence-corrected chi connectivity index (χ2v) is 9.68. The van der Waals surface area contributed by atoms with Crippen molar-refractivity contribution in [2.24, 2.45) is 0 Å². The van der Waals surface area contributed by atoms with E-state index in [9.17, 15) is 14.7 Å². The number of hydrogen-bond acceptors (Lipinski definition) is 5. The molecule has 3 aromatic carbocycles. The number of carbonyl (C=O) groups is 1. The Morgan fingerprint density at radius 1 is 1.14 bits per heavy atom. The van der Waals surface area contributed by atoms with Crippen molar-refractivity contribution in [2.75, 3.05) is 18.5 Å². The molecule has 0 aliphatic heterocycles. The second kappa shape index (κ2) is 11.7. The molecule has 0 aliphatic rings. The van der Waals surface area contributed by atoms with Gasteiger partial charge in [-0.25, -0.2) is 9.36 Å². The molecule has 4 N–H and O–H groups in total.